The minimum Gasteiger partial charge on any atom is -0.495 e. The Morgan fingerprint density at radius 3 is 2.20 bits per heavy atom. The van der Waals surface area contributed by atoms with Gasteiger partial charge in [-0.2, -0.15) is 0 Å². The highest BCUT2D eigenvalue weighted by Gasteiger charge is 2.09. The van der Waals surface area contributed by atoms with Gasteiger partial charge in [0.1, 0.15) is 5.75 Å². The van der Waals surface area contributed by atoms with Crippen molar-refractivity contribution in [2.24, 2.45) is 5.73 Å². The molecule has 2 rings (SSSR count). The number of benzene rings is 2. The average molecular weight is 270 g/mol. The molecule has 3 N–H and O–H groups in total. The summed E-state index contributed by atoms with van der Waals surface area (Å²) in [4.78, 5) is 23.0. The Morgan fingerprint density at radius 2 is 1.60 bits per heavy atom. The van der Waals surface area contributed by atoms with E-state index in [1.165, 1.54) is 19.2 Å². The maximum atomic E-state index is 12.1. The van der Waals surface area contributed by atoms with E-state index >= 15 is 0 Å². The summed E-state index contributed by atoms with van der Waals surface area (Å²) in [5, 5.41) is 2.75. The second-order valence-electron chi connectivity index (χ2n) is 4.10. The lowest BCUT2D eigenvalue weighted by Crippen LogP contribution is -2.14. The zero-order chi connectivity index (χ0) is 14.5. The molecule has 2 amide bonds. The second-order valence-corrected chi connectivity index (χ2v) is 4.10. The van der Waals surface area contributed by atoms with Gasteiger partial charge in [0.05, 0.1) is 12.8 Å². The number of anilines is 1. The number of primary amides is 1. The van der Waals surface area contributed by atoms with E-state index in [1.807, 2.05) is 6.07 Å². The molecule has 102 valence electrons. The van der Waals surface area contributed by atoms with Crippen LogP contribution in [0.2, 0.25) is 0 Å². The Labute approximate surface area is 116 Å². The van der Waals surface area contributed by atoms with Crippen LogP contribution >= 0.6 is 0 Å². The lowest BCUT2D eigenvalue weighted by molar-refractivity contribution is 0.0995. The molecule has 0 fully saturated rings. The van der Waals surface area contributed by atoms with Gasteiger partial charge in [-0.3, -0.25) is 9.59 Å². The van der Waals surface area contributed by atoms with Crippen molar-refractivity contribution >= 4 is 17.5 Å². The zero-order valence-corrected chi connectivity index (χ0v) is 10.9. The molecular formula is C15H14N2O3. The van der Waals surface area contributed by atoms with Crippen molar-refractivity contribution in [3.05, 3.63) is 59.7 Å². The van der Waals surface area contributed by atoms with Gasteiger partial charge in [-0.25, -0.2) is 0 Å². The van der Waals surface area contributed by atoms with E-state index in [9.17, 15) is 9.59 Å². The third kappa shape index (κ3) is 2.95. The topological polar surface area (TPSA) is 81.4 Å². The highest BCUT2D eigenvalue weighted by molar-refractivity contribution is 6.05. The molecule has 0 aliphatic rings. The number of amides is 2. The first kappa shape index (κ1) is 13.6. The zero-order valence-electron chi connectivity index (χ0n) is 10.9. The molecule has 0 bridgehead atoms. The summed E-state index contributed by atoms with van der Waals surface area (Å²) in [6, 6.07) is 13.2. The molecule has 2 aromatic carbocycles. The van der Waals surface area contributed by atoms with Crippen molar-refractivity contribution in [3.63, 3.8) is 0 Å². The van der Waals surface area contributed by atoms with Gasteiger partial charge in [-0.15, -0.1) is 0 Å². The van der Waals surface area contributed by atoms with Gasteiger partial charge in [0.15, 0.2) is 0 Å². The lowest BCUT2D eigenvalue weighted by Gasteiger charge is -2.09. The highest BCUT2D eigenvalue weighted by atomic mass is 16.5. The van der Waals surface area contributed by atoms with Crippen molar-refractivity contribution in [2.75, 3.05) is 12.4 Å². The van der Waals surface area contributed by atoms with Crippen LogP contribution in [-0.2, 0) is 0 Å². The van der Waals surface area contributed by atoms with Crippen LogP contribution in [0.25, 0.3) is 0 Å². The van der Waals surface area contributed by atoms with Crippen molar-refractivity contribution in [1.29, 1.82) is 0 Å². The van der Waals surface area contributed by atoms with Crippen LogP contribution in [0, 0.1) is 0 Å². The van der Waals surface area contributed by atoms with E-state index in [-0.39, 0.29) is 5.91 Å². The molecule has 0 atom stereocenters. The van der Waals surface area contributed by atoms with E-state index in [1.54, 1.807) is 30.3 Å². The van der Waals surface area contributed by atoms with Gasteiger partial charge < -0.3 is 15.8 Å². The maximum Gasteiger partial charge on any atom is 0.255 e. The van der Waals surface area contributed by atoms with Gasteiger partial charge in [-0.05, 0) is 36.4 Å². The first-order chi connectivity index (χ1) is 9.61. The number of methoxy groups -OCH3 is 1. The minimum absolute atomic E-state index is 0.287. The molecule has 0 aromatic heterocycles. The van der Waals surface area contributed by atoms with Crippen LogP contribution in [0.15, 0.2) is 48.5 Å². The number of para-hydroxylation sites is 2. The molecule has 0 unspecified atom stereocenters. The monoisotopic (exact) mass is 270 g/mol. The standard InChI is InChI=1S/C15H14N2O3/c1-20-13-5-3-2-4-12(13)17-15(19)11-8-6-10(7-9-11)14(16)18/h2-9H,1H3,(H2,16,18)(H,17,19). The van der Waals surface area contributed by atoms with Crippen LogP contribution in [0.5, 0.6) is 5.75 Å². The normalized spacial score (nSPS) is 9.85. The molecule has 5 heteroatoms. The van der Waals surface area contributed by atoms with E-state index in [0.717, 1.165) is 0 Å². The van der Waals surface area contributed by atoms with Crippen molar-refractivity contribution < 1.29 is 14.3 Å². The summed E-state index contributed by atoms with van der Waals surface area (Å²) < 4.78 is 5.16. The third-order valence-electron chi connectivity index (χ3n) is 2.79. The van der Waals surface area contributed by atoms with Crippen molar-refractivity contribution in [3.8, 4) is 5.75 Å². The molecule has 2 aromatic rings. The summed E-state index contributed by atoms with van der Waals surface area (Å²) in [7, 11) is 1.53. The van der Waals surface area contributed by atoms with E-state index in [2.05, 4.69) is 5.32 Å². The van der Waals surface area contributed by atoms with Gasteiger partial charge in [0.2, 0.25) is 5.91 Å². The largest absolute Gasteiger partial charge is 0.495 e. The Bertz CT molecular complexity index is 636. The molecular weight excluding hydrogens is 256 g/mol. The lowest BCUT2D eigenvalue weighted by atomic mass is 10.1. The Hall–Kier alpha value is -2.82. The van der Waals surface area contributed by atoms with Crippen LogP contribution < -0.4 is 15.8 Å². The smallest absolute Gasteiger partial charge is 0.255 e. The second kappa shape index (κ2) is 5.88. The van der Waals surface area contributed by atoms with E-state index < -0.39 is 5.91 Å². The van der Waals surface area contributed by atoms with E-state index in [4.69, 9.17) is 10.5 Å². The number of ether oxygens (including phenoxy) is 1. The van der Waals surface area contributed by atoms with Gasteiger partial charge >= 0.3 is 0 Å². The molecule has 20 heavy (non-hydrogen) atoms. The molecule has 5 nitrogen and oxygen atoms in total. The number of rotatable bonds is 4. The number of carbonyl (C=O) groups is 2. The quantitative estimate of drug-likeness (QED) is 0.892. The molecule has 0 spiro atoms. The minimum atomic E-state index is -0.526. The fraction of sp³-hybridized carbons (Fsp3) is 0.0667. The van der Waals surface area contributed by atoms with Crippen molar-refractivity contribution in [1.82, 2.24) is 0 Å². The first-order valence-corrected chi connectivity index (χ1v) is 5.96. The van der Waals surface area contributed by atoms with Crippen LogP contribution in [0.1, 0.15) is 20.7 Å². The Balaban J connectivity index is 2.17. The summed E-state index contributed by atoms with van der Waals surface area (Å²) in [6.07, 6.45) is 0. The summed E-state index contributed by atoms with van der Waals surface area (Å²) in [5.41, 5.74) is 6.52. The van der Waals surface area contributed by atoms with Crippen LogP contribution in [-0.4, -0.2) is 18.9 Å². The number of hydrogen-bond acceptors (Lipinski definition) is 3. The molecule has 0 heterocycles. The Morgan fingerprint density at radius 1 is 1.00 bits per heavy atom. The fourth-order valence-corrected chi connectivity index (χ4v) is 1.73. The summed E-state index contributed by atoms with van der Waals surface area (Å²) in [5.74, 6) is -0.234. The molecule has 0 radical (unpaired) electrons. The fourth-order valence-electron chi connectivity index (χ4n) is 1.73. The van der Waals surface area contributed by atoms with Crippen LogP contribution in [0.3, 0.4) is 0 Å². The summed E-state index contributed by atoms with van der Waals surface area (Å²) >= 11 is 0. The third-order valence-corrected chi connectivity index (χ3v) is 2.79. The van der Waals surface area contributed by atoms with Crippen molar-refractivity contribution in [2.45, 2.75) is 0 Å². The SMILES string of the molecule is COc1ccccc1NC(=O)c1ccc(C(N)=O)cc1. The molecule has 0 aliphatic carbocycles. The van der Waals surface area contributed by atoms with Crippen LogP contribution in [0.4, 0.5) is 5.69 Å². The number of nitrogens with one attached hydrogen (secondary N) is 1. The molecule has 0 saturated carbocycles. The average Bonchev–Trinajstić information content (AvgIpc) is 2.48. The number of hydrogen-bond donors (Lipinski definition) is 2. The van der Waals surface area contributed by atoms with E-state index in [0.29, 0.717) is 22.6 Å². The van der Waals surface area contributed by atoms with Gasteiger partial charge in [0.25, 0.3) is 5.91 Å². The number of carbonyl (C=O) groups excluding carboxylic acids is 2. The summed E-state index contributed by atoms with van der Waals surface area (Å²) in [6.45, 7) is 0. The van der Waals surface area contributed by atoms with Gasteiger partial charge in [0, 0.05) is 11.1 Å². The molecule has 0 aliphatic heterocycles. The first-order valence-electron chi connectivity index (χ1n) is 5.96. The predicted molar refractivity (Wildman–Crippen MR) is 75.9 cm³/mol. The number of nitrogens with two attached hydrogens (primary N) is 1. The predicted octanol–water partition coefficient (Wildman–Crippen LogP) is 2.05. The van der Waals surface area contributed by atoms with Gasteiger partial charge in [-0.1, -0.05) is 12.1 Å². The maximum absolute atomic E-state index is 12.1. The highest BCUT2D eigenvalue weighted by Crippen LogP contribution is 2.23. The molecule has 0 saturated heterocycles. The Kier molecular flexibility index (Phi) is 4.00.